The molecular formula is C37H57N5O5. The summed E-state index contributed by atoms with van der Waals surface area (Å²) in [6, 6.07) is 5.67. The number of carbonyl (C=O) groups excluding carboxylic acids is 5. The second-order valence-corrected chi connectivity index (χ2v) is 13.4. The maximum Gasteiger partial charge on any atom is 0.249 e. The molecule has 1 rings (SSSR count). The zero-order chi connectivity index (χ0) is 36.2. The predicted molar refractivity (Wildman–Crippen MR) is 187 cm³/mol. The maximum atomic E-state index is 14.2. The van der Waals surface area contributed by atoms with Crippen LogP contribution in [0.5, 0.6) is 0 Å². The minimum Gasteiger partial charge on any atom is -0.368 e. The Kier molecular flexibility index (Phi) is 16.4. The second-order valence-electron chi connectivity index (χ2n) is 13.4. The molecule has 5 amide bonds. The Labute approximate surface area is 282 Å². The first kappa shape index (κ1) is 40.9. The van der Waals surface area contributed by atoms with Crippen molar-refractivity contribution in [3.63, 3.8) is 0 Å². The lowest BCUT2D eigenvalue weighted by molar-refractivity contribution is -0.156. The summed E-state index contributed by atoms with van der Waals surface area (Å²) in [5, 5.41) is 0. The van der Waals surface area contributed by atoms with Crippen molar-refractivity contribution < 1.29 is 24.0 Å². The molecule has 0 aromatic heterocycles. The van der Waals surface area contributed by atoms with Crippen molar-refractivity contribution in [1.29, 1.82) is 0 Å². The van der Waals surface area contributed by atoms with E-state index < -0.39 is 41.9 Å². The Bertz CT molecular complexity index is 1300. The number of hydrogen-bond acceptors (Lipinski definition) is 5. The van der Waals surface area contributed by atoms with Gasteiger partial charge in [-0.25, -0.2) is 0 Å². The Morgan fingerprint density at radius 3 is 1.57 bits per heavy atom. The number of rotatable bonds is 17. The van der Waals surface area contributed by atoms with Crippen LogP contribution in [0.25, 0.3) is 0 Å². The van der Waals surface area contributed by atoms with Gasteiger partial charge in [0.1, 0.15) is 24.2 Å². The third-order valence-electron chi connectivity index (χ3n) is 8.65. The van der Waals surface area contributed by atoms with Crippen LogP contribution in [-0.2, 0) is 30.4 Å². The third-order valence-corrected chi connectivity index (χ3v) is 8.65. The molecule has 0 saturated carbocycles. The summed E-state index contributed by atoms with van der Waals surface area (Å²) in [5.74, 6) is -0.447. The summed E-state index contributed by atoms with van der Waals surface area (Å²) in [6.07, 6.45) is 9.43. The highest BCUT2D eigenvalue weighted by Crippen LogP contribution is 2.23. The van der Waals surface area contributed by atoms with Gasteiger partial charge >= 0.3 is 0 Å². The van der Waals surface area contributed by atoms with E-state index in [9.17, 15) is 24.0 Å². The molecule has 0 saturated heterocycles. The summed E-state index contributed by atoms with van der Waals surface area (Å²) in [5.41, 5.74) is 7.12. The van der Waals surface area contributed by atoms with Crippen molar-refractivity contribution in [3.8, 4) is 12.3 Å². The van der Waals surface area contributed by atoms with Crippen LogP contribution in [0.3, 0.4) is 0 Å². The predicted octanol–water partition coefficient (Wildman–Crippen LogP) is 3.74. The van der Waals surface area contributed by atoms with Crippen molar-refractivity contribution in [2.45, 2.75) is 98.3 Å². The summed E-state index contributed by atoms with van der Waals surface area (Å²) in [7, 11) is 6.24. The molecule has 0 heterocycles. The van der Waals surface area contributed by atoms with Gasteiger partial charge in [0.05, 0.1) is 0 Å². The van der Waals surface area contributed by atoms with Crippen molar-refractivity contribution >= 4 is 29.5 Å². The van der Waals surface area contributed by atoms with Crippen LogP contribution in [0.15, 0.2) is 42.0 Å². The normalized spacial score (nSPS) is 14.2. The van der Waals surface area contributed by atoms with Crippen LogP contribution in [0.1, 0.15) is 73.3 Å². The lowest BCUT2D eigenvalue weighted by Gasteiger charge is -2.41. The molecular weight excluding hydrogens is 594 g/mol. The van der Waals surface area contributed by atoms with E-state index >= 15 is 0 Å². The summed E-state index contributed by atoms with van der Waals surface area (Å²) < 4.78 is 0. The molecule has 0 spiro atoms. The Morgan fingerprint density at radius 1 is 0.745 bits per heavy atom. The smallest absolute Gasteiger partial charge is 0.249 e. The molecule has 0 fully saturated rings. The quantitative estimate of drug-likeness (QED) is 0.156. The average molecular weight is 652 g/mol. The van der Waals surface area contributed by atoms with E-state index in [4.69, 9.17) is 12.2 Å². The number of allylic oxidation sites excluding steroid dienone is 1. The van der Waals surface area contributed by atoms with E-state index in [0.717, 1.165) is 12.0 Å². The number of hydrogen-bond donors (Lipinski definition) is 1. The number of likely N-dealkylation sites (N-methyl/N-ethyl adjacent to an activating group) is 4. The van der Waals surface area contributed by atoms with Crippen LogP contribution >= 0.6 is 0 Å². The molecule has 1 aromatic carbocycles. The van der Waals surface area contributed by atoms with E-state index in [1.165, 1.54) is 26.6 Å². The number of terminal acetylenes is 1. The standard InChI is InChI=1S/C37H57N5O5/c1-13-14-15-17-20-27(8)34(44)40(10)31(25(4)5)36(46)42(12)32(26(6)7)37(47)41(11)30(24(2)3)35(45)39(9)29(33(38)43)23-28-21-18-16-19-22-28/h1,16,18-22,24-26,29-32H,14-15,17,23H2,2-12H3,(H2,38,43)/b27-20-/t29-,30-,31-,32-/m0/s1. The van der Waals surface area contributed by atoms with Gasteiger partial charge in [0.2, 0.25) is 29.5 Å². The van der Waals surface area contributed by atoms with Crippen LogP contribution in [-0.4, -0.2) is 101 Å². The first-order valence-corrected chi connectivity index (χ1v) is 16.4. The minimum absolute atomic E-state index is 0.231. The summed E-state index contributed by atoms with van der Waals surface area (Å²) >= 11 is 0. The number of nitrogens with two attached hydrogens (primary N) is 1. The Morgan fingerprint density at radius 2 is 1.17 bits per heavy atom. The Balaban J connectivity index is 3.35. The fraction of sp³-hybridized carbons (Fsp3) is 0.595. The second kappa shape index (κ2) is 18.9. The van der Waals surface area contributed by atoms with E-state index in [-0.39, 0.29) is 36.0 Å². The van der Waals surface area contributed by atoms with E-state index in [1.807, 2.05) is 78.0 Å². The molecule has 2 N–H and O–H groups in total. The zero-order valence-corrected chi connectivity index (χ0v) is 30.3. The molecule has 10 nitrogen and oxygen atoms in total. The maximum absolute atomic E-state index is 14.2. The number of amides is 5. The first-order chi connectivity index (χ1) is 21.9. The largest absolute Gasteiger partial charge is 0.368 e. The van der Waals surface area contributed by atoms with Crippen molar-refractivity contribution in [3.05, 3.63) is 47.5 Å². The molecule has 0 bridgehead atoms. The highest BCUT2D eigenvalue weighted by molar-refractivity contribution is 5.98. The third kappa shape index (κ3) is 11.0. The lowest BCUT2D eigenvalue weighted by atomic mass is 9.94. The lowest BCUT2D eigenvalue weighted by Crippen LogP contribution is -2.61. The monoisotopic (exact) mass is 651 g/mol. The highest BCUT2D eigenvalue weighted by atomic mass is 16.2. The number of unbranched alkanes of at least 4 members (excludes halogenated alkanes) is 2. The van der Waals surface area contributed by atoms with Gasteiger partial charge < -0.3 is 25.3 Å². The van der Waals surface area contributed by atoms with Gasteiger partial charge in [0.15, 0.2) is 0 Å². The van der Waals surface area contributed by atoms with Crippen LogP contribution < -0.4 is 5.73 Å². The Hall–Kier alpha value is -4.13. The summed E-state index contributed by atoms with van der Waals surface area (Å²) in [6.45, 7) is 12.8. The van der Waals surface area contributed by atoms with Crippen LogP contribution in [0.4, 0.5) is 0 Å². The number of benzene rings is 1. The molecule has 1 aromatic rings. The summed E-state index contributed by atoms with van der Waals surface area (Å²) in [4.78, 5) is 73.7. The van der Waals surface area contributed by atoms with E-state index in [2.05, 4.69) is 5.92 Å². The number of primary amides is 1. The average Bonchev–Trinajstić information content (AvgIpc) is 3.00. The molecule has 10 heteroatoms. The van der Waals surface area contributed by atoms with Gasteiger partial charge in [-0.15, -0.1) is 12.3 Å². The van der Waals surface area contributed by atoms with E-state index in [0.29, 0.717) is 18.4 Å². The number of nitrogens with zero attached hydrogens (tertiary/aromatic N) is 4. The van der Waals surface area contributed by atoms with Crippen molar-refractivity contribution in [2.24, 2.45) is 23.5 Å². The molecule has 0 unspecified atom stereocenters. The SMILES string of the molecule is C#CCCC/C=C(/C)C(=O)N(C)[C@H](C(=O)N(C)[C@H](C(=O)N(C)[C@H](C(=O)N(C)[C@@H](Cc1ccccc1)C(N)=O)C(C)C)C(C)C)C(C)C. The van der Waals surface area contributed by atoms with Crippen LogP contribution in [0.2, 0.25) is 0 Å². The molecule has 260 valence electrons. The number of carbonyl (C=O) groups is 5. The fourth-order valence-electron chi connectivity index (χ4n) is 6.03. The van der Waals surface area contributed by atoms with Gasteiger partial charge in [-0.05, 0) is 43.1 Å². The highest BCUT2D eigenvalue weighted by Gasteiger charge is 2.42. The van der Waals surface area contributed by atoms with Gasteiger partial charge in [-0.2, -0.15) is 0 Å². The van der Waals surface area contributed by atoms with Gasteiger partial charge in [-0.1, -0.05) is 78.0 Å². The molecule has 0 aliphatic carbocycles. The van der Waals surface area contributed by atoms with Gasteiger partial charge in [-0.3, -0.25) is 24.0 Å². The minimum atomic E-state index is -0.928. The first-order valence-electron chi connectivity index (χ1n) is 16.4. The van der Waals surface area contributed by atoms with Gasteiger partial charge in [0, 0.05) is 46.6 Å². The molecule has 0 aliphatic rings. The topological polar surface area (TPSA) is 124 Å². The van der Waals surface area contributed by atoms with Crippen molar-refractivity contribution in [1.82, 2.24) is 19.6 Å². The van der Waals surface area contributed by atoms with Gasteiger partial charge in [0.25, 0.3) is 0 Å². The van der Waals surface area contributed by atoms with E-state index in [1.54, 1.807) is 28.1 Å². The molecule has 0 radical (unpaired) electrons. The van der Waals surface area contributed by atoms with Crippen molar-refractivity contribution in [2.75, 3.05) is 28.2 Å². The van der Waals surface area contributed by atoms with Crippen LogP contribution in [0, 0.1) is 30.1 Å². The molecule has 4 atom stereocenters. The zero-order valence-electron chi connectivity index (χ0n) is 30.3. The molecule has 0 aliphatic heterocycles. The molecule has 47 heavy (non-hydrogen) atoms. The fourth-order valence-corrected chi connectivity index (χ4v) is 6.03.